The fourth-order valence-corrected chi connectivity index (χ4v) is 6.74. The van der Waals surface area contributed by atoms with E-state index in [0.29, 0.717) is 30.4 Å². The highest BCUT2D eigenvalue weighted by atomic mass is 35.5. The Morgan fingerprint density at radius 3 is 2.41 bits per heavy atom. The van der Waals surface area contributed by atoms with Gasteiger partial charge in [-0.1, -0.05) is 45.0 Å². The molecule has 9 nitrogen and oxygen atoms in total. The van der Waals surface area contributed by atoms with Gasteiger partial charge in [-0.05, 0) is 61.7 Å². The summed E-state index contributed by atoms with van der Waals surface area (Å²) in [6.07, 6.45) is 3.20. The number of carbonyl (C=O) groups is 1. The monoisotopic (exact) mass is 639 g/mol. The van der Waals surface area contributed by atoms with Crippen molar-refractivity contribution in [1.29, 1.82) is 0 Å². The molecule has 0 aliphatic rings. The predicted molar refractivity (Wildman–Crippen MR) is 179 cm³/mol. The molecule has 0 spiro atoms. The SMILES string of the molecule is C=Cc1cc(COCc2nn(C)c(C)c2-c2c(Cl)ccc3c(CCCO[Si](C)(C)C(C)(C)C)c(C(=O)OC)n(C)c23)nn1C. The summed E-state index contributed by atoms with van der Waals surface area (Å²) in [6.45, 7) is 18.3. The van der Waals surface area contributed by atoms with Gasteiger partial charge in [-0.2, -0.15) is 10.2 Å². The second-order valence-electron chi connectivity index (χ2n) is 12.8. The molecule has 0 bridgehead atoms. The van der Waals surface area contributed by atoms with E-state index in [4.69, 9.17) is 30.6 Å². The number of hydrogen-bond donors (Lipinski definition) is 0. The van der Waals surface area contributed by atoms with Gasteiger partial charge in [-0.3, -0.25) is 9.36 Å². The van der Waals surface area contributed by atoms with Crippen LogP contribution < -0.4 is 0 Å². The van der Waals surface area contributed by atoms with Gasteiger partial charge in [0.2, 0.25) is 0 Å². The van der Waals surface area contributed by atoms with Crippen molar-refractivity contribution in [2.24, 2.45) is 21.1 Å². The zero-order valence-electron chi connectivity index (χ0n) is 27.8. The minimum Gasteiger partial charge on any atom is -0.464 e. The molecule has 0 saturated heterocycles. The summed E-state index contributed by atoms with van der Waals surface area (Å²) in [5, 5.41) is 10.9. The zero-order valence-corrected chi connectivity index (χ0v) is 29.6. The minimum absolute atomic E-state index is 0.129. The van der Waals surface area contributed by atoms with E-state index in [2.05, 4.69) is 45.5 Å². The molecule has 0 aliphatic heterocycles. The van der Waals surface area contributed by atoms with Gasteiger partial charge in [-0.15, -0.1) is 0 Å². The van der Waals surface area contributed by atoms with Gasteiger partial charge >= 0.3 is 5.97 Å². The lowest BCUT2D eigenvalue weighted by Crippen LogP contribution is -2.41. The molecule has 0 aliphatic carbocycles. The topological polar surface area (TPSA) is 85.3 Å². The molecule has 0 saturated carbocycles. The lowest BCUT2D eigenvalue weighted by Gasteiger charge is -2.36. The molecule has 0 radical (unpaired) electrons. The number of hydrogen-bond acceptors (Lipinski definition) is 6. The Kier molecular flexibility index (Phi) is 9.99. The number of halogens is 1. The summed E-state index contributed by atoms with van der Waals surface area (Å²) in [5.41, 5.74) is 7.44. The number of methoxy groups -OCH3 is 1. The Hall–Kier alpha value is -3.18. The Morgan fingerprint density at radius 2 is 1.80 bits per heavy atom. The van der Waals surface area contributed by atoms with Crippen LogP contribution in [0, 0.1) is 6.92 Å². The number of fused-ring (bicyclic) bond motifs is 1. The molecule has 4 aromatic rings. The van der Waals surface area contributed by atoms with Crippen LogP contribution in [0.4, 0.5) is 0 Å². The van der Waals surface area contributed by atoms with Crippen LogP contribution in [-0.2, 0) is 54.7 Å². The van der Waals surface area contributed by atoms with Crippen LogP contribution in [0.15, 0.2) is 24.8 Å². The van der Waals surface area contributed by atoms with Crippen molar-refractivity contribution in [2.45, 2.75) is 71.9 Å². The van der Waals surface area contributed by atoms with Gasteiger partial charge in [0.05, 0.1) is 47.9 Å². The maximum absolute atomic E-state index is 13.2. The molecule has 11 heteroatoms. The molecule has 0 atom stereocenters. The highest BCUT2D eigenvalue weighted by molar-refractivity contribution is 6.74. The van der Waals surface area contributed by atoms with Crippen molar-refractivity contribution in [3.63, 3.8) is 0 Å². The molecule has 3 heterocycles. The number of ether oxygens (including phenoxy) is 2. The summed E-state index contributed by atoms with van der Waals surface area (Å²) >= 11 is 6.98. The first-order valence-electron chi connectivity index (χ1n) is 14.9. The van der Waals surface area contributed by atoms with E-state index in [0.717, 1.165) is 56.8 Å². The van der Waals surface area contributed by atoms with Crippen molar-refractivity contribution in [2.75, 3.05) is 13.7 Å². The van der Waals surface area contributed by atoms with Crippen molar-refractivity contribution in [1.82, 2.24) is 24.1 Å². The average molecular weight is 640 g/mol. The minimum atomic E-state index is -1.89. The number of nitrogens with zero attached hydrogens (tertiary/aromatic N) is 5. The fraction of sp³-hybridized carbons (Fsp3) is 0.485. The first-order chi connectivity index (χ1) is 20.6. The lowest BCUT2D eigenvalue weighted by atomic mass is 9.98. The normalized spacial score (nSPS) is 12.3. The molecular formula is C33H46ClN5O4Si. The first-order valence-corrected chi connectivity index (χ1v) is 18.2. The van der Waals surface area contributed by atoms with Crippen LogP contribution in [0.1, 0.15) is 66.0 Å². The summed E-state index contributed by atoms with van der Waals surface area (Å²) in [6, 6.07) is 5.85. The van der Waals surface area contributed by atoms with Gasteiger partial charge in [0.25, 0.3) is 0 Å². The summed E-state index contributed by atoms with van der Waals surface area (Å²) in [7, 11) is 5.21. The van der Waals surface area contributed by atoms with Crippen LogP contribution in [0.5, 0.6) is 0 Å². The summed E-state index contributed by atoms with van der Waals surface area (Å²) < 4.78 is 23.3. The van der Waals surface area contributed by atoms with Crippen LogP contribution >= 0.6 is 11.6 Å². The van der Waals surface area contributed by atoms with Crippen LogP contribution in [-0.4, -0.2) is 52.1 Å². The Bertz CT molecular complexity index is 1690. The van der Waals surface area contributed by atoms with Gasteiger partial charge in [0.1, 0.15) is 5.69 Å². The van der Waals surface area contributed by atoms with E-state index in [9.17, 15) is 4.79 Å². The van der Waals surface area contributed by atoms with Crippen LogP contribution in [0.2, 0.25) is 23.2 Å². The van der Waals surface area contributed by atoms with E-state index in [1.807, 2.05) is 55.5 Å². The number of aromatic nitrogens is 5. The molecule has 0 fully saturated rings. The molecule has 0 N–H and O–H groups in total. The van der Waals surface area contributed by atoms with E-state index in [1.54, 1.807) is 10.8 Å². The second-order valence-corrected chi connectivity index (χ2v) is 18.0. The summed E-state index contributed by atoms with van der Waals surface area (Å²) in [5.74, 6) is -0.383. The smallest absolute Gasteiger partial charge is 0.354 e. The standard InChI is InChI=1S/C33H46ClN5O4Si/c1-12-23-18-22(35-39(23)8)19-42-20-27-28(21(2)38(7)36-27)29-26(34)16-15-25-24(31(32(40)41-9)37(6)30(25)29)14-13-17-43-44(10,11)33(3,4)5/h12,15-16,18H,1,13-14,17,19-20H2,2-11H3. The van der Waals surface area contributed by atoms with E-state index in [-0.39, 0.29) is 17.6 Å². The third-order valence-corrected chi connectivity index (χ3v) is 13.8. The van der Waals surface area contributed by atoms with Crippen molar-refractivity contribution in [3.8, 4) is 11.1 Å². The van der Waals surface area contributed by atoms with Crippen LogP contribution in [0.25, 0.3) is 28.1 Å². The highest BCUT2D eigenvalue weighted by Crippen LogP contribution is 2.42. The van der Waals surface area contributed by atoms with E-state index < -0.39 is 8.32 Å². The molecule has 0 amide bonds. The average Bonchev–Trinajstić information content (AvgIpc) is 3.55. The number of rotatable bonds is 12. The second kappa shape index (κ2) is 13.0. The van der Waals surface area contributed by atoms with Crippen molar-refractivity contribution >= 4 is 42.9 Å². The van der Waals surface area contributed by atoms with Crippen molar-refractivity contribution < 1.29 is 18.7 Å². The number of aryl methyl sites for hydroxylation is 4. The molecule has 1 aromatic carbocycles. The molecule has 3 aromatic heterocycles. The van der Waals surface area contributed by atoms with Gasteiger partial charge in [-0.25, -0.2) is 4.79 Å². The maximum Gasteiger partial charge on any atom is 0.354 e. The Morgan fingerprint density at radius 1 is 1.09 bits per heavy atom. The summed E-state index contributed by atoms with van der Waals surface area (Å²) in [4.78, 5) is 13.2. The molecule has 238 valence electrons. The molecule has 44 heavy (non-hydrogen) atoms. The van der Waals surface area contributed by atoms with E-state index in [1.165, 1.54) is 7.11 Å². The number of benzene rings is 1. The first kappa shape index (κ1) is 33.7. The Labute approximate surface area is 266 Å². The highest BCUT2D eigenvalue weighted by Gasteiger charge is 2.37. The maximum atomic E-state index is 13.2. The Balaban J connectivity index is 1.73. The van der Waals surface area contributed by atoms with Crippen LogP contribution in [0.3, 0.4) is 0 Å². The zero-order chi connectivity index (χ0) is 32.6. The van der Waals surface area contributed by atoms with Gasteiger partial charge in [0, 0.05) is 50.0 Å². The lowest BCUT2D eigenvalue weighted by molar-refractivity contribution is 0.0589. The third kappa shape index (κ3) is 6.44. The third-order valence-electron chi connectivity index (χ3n) is 8.95. The van der Waals surface area contributed by atoms with Gasteiger partial charge in [0.15, 0.2) is 8.32 Å². The quantitative estimate of drug-likeness (QED) is 0.0914. The molecule has 0 unspecified atom stereocenters. The molecular weight excluding hydrogens is 594 g/mol. The number of carbonyl (C=O) groups excluding carboxylic acids is 1. The van der Waals surface area contributed by atoms with Gasteiger partial charge < -0.3 is 18.5 Å². The number of esters is 1. The van der Waals surface area contributed by atoms with E-state index >= 15 is 0 Å². The predicted octanol–water partition coefficient (Wildman–Crippen LogP) is 7.37. The molecule has 4 rings (SSSR count). The van der Waals surface area contributed by atoms with Crippen molar-refractivity contribution in [3.05, 3.63) is 63.8 Å². The fourth-order valence-electron chi connectivity index (χ4n) is 5.40. The largest absolute Gasteiger partial charge is 0.464 e.